The molecule has 0 saturated carbocycles. The van der Waals surface area contributed by atoms with Crippen LogP contribution in [0.3, 0.4) is 0 Å². The van der Waals surface area contributed by atoms with Crippen molar-refractivity contribution in [3.63, 3.8) is 0 Å². The third-order valence-corrected chi connectivity index (χ3v) is 6.57. The highest BCUT2D eigenvalue weighted by Gasteiger charge is 2.30. The summed E-state index contributed by atoms with van der Waals surface area (Å²) in [5.74, 6) is 0.849. The molecule has 0 unspecified atom stereocenters. The molecule has 26 heavy (non-hydrogen) atoms. The van der Waals surface area contributed by atoms with Crippen molar-refractivity contribution >= 4 is 51.7 Å². The van der Waals surface area contributed by atoms with E-state index in [2.05, 4.69) is 30.0 Å². The van der Waals surface area contributed by atoms with Crippen LogP contribution in [0.5, 0.6) is 5.75 Å². The second-order valence-electron chi connectivity index (χ2n) is 5.52. The topological polar surface area (TPSA) is 32.8 Å². The molecule has 2 aliphatic rings. The summed E-state index contributed by atoms with van der Waals surface area (Å²) in [7, 11) is 1.68. The first-order valence-corrected chi connectivity index (χ1v) is 10.4. The fraction of sp³-hybridized carbons (Fsp3) is 0.263. The van der Waals surface area contributed by atoms with Gasteiger partial charge in [0.1, 0.15) is 10.1 Å². The minimum absolute atomic E-state index is 0.00951. The van der Waals surface area contributed by atoms with Gasteiger partial charge in [0.15, 0.2) is 0 Å². The number of anilines is 1. The first-order chi connectivity index (χ1) is 12.6. The molecule has 0 radical (unpaired) electrons. The number of rotatable bonds is 5. The Balaban J connectivity index is 1.75. The third-order valence-electron chi connectivity index (χ3n) is 4.04. The van der Waals surface area contributed by atoms with Crippen molar-refractivity contribution in [2.24, 2.45) is 0 Å². The number of ether oxygens (including phenoxy) is 1. The first-order valence-electron chi connectivity index (χ1n) is 8.34. The Kier molecular flexibility index (Phi) is 6.11. The summed E-state index contributed by atoms with van der Waals surface area (Å²) in [6.07, 6.45) is 7.76. The third kappa shape index (κ3) is 3.70. The van der Waals surface area contributed by atoms with Crippen molar-refractivity contribution in [2.75, 3.05) is 25.1 Å². The van der Waals surface area contributed by atoms with Crippen LogP contribution in [-0.2, 0) is 4.79 Å². The Morgan fingerprint density at radius 1 is 1.12 bits per heavy atom. The zero-order chi connectivity index (χ0) is 18.7. The summed E-state index contributed by atoms with van der Waals surface area (Å²) in [4.78, 5) is 17.9. The predicted molar refractivity (Wildman–Crippen MR) is 115 cm³/mol. The van der Waals surface area contributed by atoms with Crippen molar-refractivity contribution in [3.8, 4) is 5.75 Å². The molecular formula is C19H20N2O2S3. The van der Waals surface area contributed by atoms with E-state index in [0.29, 0.717) is 15.8 Å². The van der Waals surface area contributed by atoms with Gasteiger partial charge in [-0.3, -0.25) is 9.69 Å². The van der Waals surface area contributed by atoms with Gasteiger partial charge in [0, 0.05) is 24.1 Å². The first kappa shape index (κ1) is 19.1. The molecule has 1 fully saturated rings. The Morgan fingerprint density at radius 3 is 2.50 bits per heavy atom. The fourth-order valence-electron chi connectivity index (χ4n) is 2.73. The average Bonchev–Trinajstić information content (AvgIpc) is 3.13. The highest BCUT2D eigenvalue weighted by atomic mass is 32.2. The maximum atomic E-state index is 12.2. The van der Waals surface area contributed by atoms with E-state index in [0.717, 1.165) is 17.3 Å². The molecule has 1 aromatic rings. The van der Waals surface area contributed by atoms with Crippen molar-refractivity contribution < 1.29 is 9.53 Å². The van der Waals surface area contributed by atoms with Gasteiger partial charge in [0.25, 0.3) is 5.91 Å². The van der Waals surface area contributed by atoms with Crippen LogP contribution in [0.25, 0.3) is 0 Å². The molecule has 7 heteroatoms. The zero-order valence-corrected chi connectivity index (χ0v) is 17.3. The van der Waals surface area contributed by atoms with E-state index in [-0.39, 0.29) is 5.91 Å². The molecule has 2 aliphatic heterocycles. The lowest BCUT2D eigenvalue weighted by Crippen LogP contribution is -2.27. The summed E-state index contributed by atoms with van der Waals surface area (Å²) >= 11 is 8.31. The van der Waals surface area contributed by atoms with Crippen molar-refractivity contribution in [1.82, 2.24) is 4.90 Å². The number of hydrogen-bond acceptors (Lipinski definition) is 6. The monoisotopic (exact) mass is 404 g/mol. The van der Waals surface area contributed by atoms with E-state index in [1.807, 2.05) is 31.2 Å². The molecule has 1 saturated heterocycles. The summed E-state index contributed by atoms with van der Waals surface area (Å²) in [5, 5.41) is 1.15. The van der Waals surface area contributed by atoms with Crippen LogP contribution in [0.15, 0.2) is 57.3 Å². The zero-order valence-electron chi connectivity index (χ0n) is 14.9. The van der Waals surface area contributed by atoms with Gasteiger partial charge in [-0.1, -0.05) is 47.9 Å². The minimum atomic E-state index is -0.00951. The van der Waals surface area contributed by atoms with E-state index in [1.165, 1.54) is 22.3 Å². The second kappa shape index (κ2) is 8.33. The van der Waals surface area contributed by atoms with Gasteiger partial charge in [0.2, 0.25) is 0 Å². The minimum Gasteiger partial charge on any atom is -0.497 e. The summed E-state index contributed by atoms with van der Waals surface area (Å²) in [5.41, 5.74) is 1.17. The lowest BCUT2D eigenvalue weighted by Gasteiger charge is -2.18. The lowest BCUT2D eigenvalue weighted by molar-refractivity contribution is -0.122. The summed E-state index contributed by atoms with van der Waals surface area (Å²) < 4.78 is 5.96. The van der Waals surface area contributed by atoms with Crippen molar-refractivity contribution in [2.45, 2.75) is 18.7 Å². The average molecular weight is 405 g/mol. The standard InChI is InChI=1S/C19H20N2O2S3/c1-4-20-14-12-13(23-3)10-11-15(14)25-17(20)9-7-6-8-16-18(22)21(5-2)19(24)26-16/h6-12H,4-5H2,1-3H3/b7-6+,16-8+,17-9-. The highest BCUT2D eigenvalue weighted by molar-refractivity contribution is 8.26. The number of amides is 1. The van der Waals surface area contributed by atoms with E-state index < -0.39 is 0 Å². The largest absolute Gasteiger partial charge is 0.497 e. The van der Waals surface area contributed by atoms with Gasteiger partial charge >= 0.3 is 0 Å². The molecule has 136 valence electrons. The fourth-order valence-corrected chi connectivity index (χ4v) is 5.18. The number of methoxy groups -OCH3 is 1. The predicted octanol–water partition coefficient (Wildman–Crippen LogP) is 4.79. The van der Waals surface area contributed by atoms with Gasteiger partial charge in [-0.2, -0.15) is 0 Å². The van der Waals surface area contributed by atoms with E-state index in [4.69, 9.17) is 17.0 Å². The number of thiocarbonyl (C=S) groups is 1. The number of carbonyl (C=O) groups excluding carboxylic acids is 1. The second-order valence-corrected chi connectivity index (χ2v) is 8.26. The van der Waals surface area contributed by atoms with Crippen LogP contribution in [0.2, 0.25) is 0 Å². The van der Waals surface area contributed by atoms with Crippen molar-refractivity contribution in [1.29, 1.82) is 0 Å². The molecule has 0 aromatic heterocycles. The quantitative estimate of drug-likeness (QED) is 0.518. The lowest BCUT2D eigenvalue weighted by atomic mass is 10.2. The number of benzene rings is 1. The SMILES string of the molecule is CCN1C(=O)\C(=C/C=C/C=C2\Sc3ccc(OC)cc3N2CC)SC1=S. The Bertz CT molecular complexity index is 830. The molecule has 3 rings (SSSR count). The van der Waals surface area contributed by atoms with Gasteiger partial charge in [0.05, 0.1) is 22.7 Å². The summed E-state index contributed by atoms with van der Waals surface area (Å²) in [6.45, 7) is 5.54. The number of likely N-dealkylation sites (N-methyl/N-ethyl adjacent to an activating group) is 1. The number of allylic oxidation sites excluding steroid dienone is 4. The maximum Gasteiger partial charge on any atom is 0.266 e. The van der Waals surface area contributed by atoms with Crippen molar-refractivity contribution in [3.05, 3.63) is 52.4 Å². The van der Waals surface area contributed by atoms with Crippen LogP contribution in [0.4, 0.5) is 5.69 Å². The molecule has 0 spiro atoms. The number of fused-ring (bicyclic) bond motifs is 1. The van der Waals surface area contributed by atoms with Crippen LogP contribution >= 0.6 is 35.7 Å². The highest BCUT2D eigenvalue weighted by Crippen LogP contribution is 2.47. The number of nitrogens with zero attached hydrogens (tertiary/aromatic N) is 2. The maximum absolute atomic E-state index is 12.2. The number of carbonyl (C=O) groups is 1. The molecular weight excluding hydrogens is 384 g/mol. The van der Waals surface area contributed by atoms with Gasteiger partial charge in [-0.25, -0.2) is 0 Å². The molecule has 0 bridgehead atoms. The molecule has 2 heterocycles. The van der Waals surface area contributed by atoms with Gasteiger partial charge in [-0.05, 0) is 38.1 Å². The van der Waals surface area contributed by atoms with E-state index >= 15 is 0 Å². The molecule has 0 atom stereocenters. The smallest absolute Gasteiger partial charge is 0.266 e. The number of thioether (sulfide) groups is 2. The Labute approximate surface area is 167 Å². The molecule has 1 amide bonds. The van der Waals surface area contributed by atoms with E-state index in [9.17, 15) is 4.79 Å². The molecule has 0 aliphatic carbocycles. The van der Waals surface area contributed by atoms with Crippen LogP contribution in [0, 0.1) is 0 Å². The molecule has 4 nitrogen and oxygen atoms in total. The molecule has 1 aromatic carbocycles. The van der Waals surface area contributed by atoms with Gasteiger partial charge < -0.3 is 9.64 Å². The van der Waals surface area contributed by atoms with Crippen LogP contribution in [-0.4, -0.2) is 35.3 Å². The number of hydrogen-bond donors (Lipinski definition) is 0. The van der Waals surface area contributed by atoms with Crippen LogP contribution in [0.1, 0.15) is 13.8 Å². The summed E-state index contributed by atoms with van der Waals surface area (Å²) in [6, 6.07) is 6.13. The normalized spacial score (nSPS) is 20.1. The Morgan fingerprint density at radius 2 is 1.85 bits per heavy atom. The Hall–Kier alpha value is -1.70. The molecule has 0 N–H and O–H groups in total. The van der Waals surface area contributed by atoms with Gasteiger partial charge in [-0.15, -0.1) is 0 Å². The van der Waals surface area contributed by atoms with E-state index in [1.54, 1.807) is 23.8 Å². The van der Waals surface area contributed by atoms with Crippen LogP contribution < -0.4 is 9.64 Å².